The van der Waals surface area contributed by atoms with Gasteiger partial charge in [-0.3, -0.25) is 4.90 Å². The number of aliphatic hydroxyl groups is 1. The Morgan fingerprint density at radius 2 is 2.00 bits per heavy atom. The number of alkyl halides is 2. The van der Waals surface area contributed by atoms with Crippen LogP contribution in [0.5, 0.6) is 0 Å². The maximum Gasteiger partial charge on any atom is 0.251 e. The highest BCUT2D eigenvalue weighted by molar-refractivity contribution is 4.89. The van der Waals surface area contributed by atoms with Gasteiger partial charge in [-0.2, -0.15) is 0 Å². The SMILES string of the molecule is CCNCC1(CN(CCO)CC(F)F)CCC(C)CC1. The third-order valence-corrected chi connectivity index (χ3v) is 4.46. The van der Waals surface area contributed by atoms with Crippen LogP contribution in [0.25, 0.3) is 0 Å². The molecule has 120 valence electrons. The number of halogens is 2. The standard InChI is InChI=1S/C15H30F2N2O/c1-3-18-11-15(6-4-13(2)5-7-15)12-19(8-9-20)10-14(16)17/h13-14,18,20H,3-12H2,1-2H3. The summed E-state index contributed by atoms with van der Waals surface area (Å²) in [5, 5.41) is 12.5. The van der Waals surface area contributed by atoms with Crippen LogP contribution in [-0.2, 0) is 0 Å². The lowest BCUT2D eigenvalue weighted by Crippen LogP contribution is -2.48. The average Bonchev–Trinajstić information content (AvgIpc) is 2.39. The number of hydrogen-bond donors (Lipinski definition) is 2. The molecule has 0 aliphatic heterocycles. The molecule has 20 heavy (non-hydrogen) atoms. The van der Waals surface area contributed by atoms with Crippen LogP contribution in [-0.4, -0.2) is 55.8 Å². The molecule has 1 rings (SSSR count). The molecule has 0 amide bonds. The summed E-state index contributed by atoms with van der Waals surface area (Å²) in [7, 11) is 0. The van der Waals surface area contributed by atoms with E-state index in [0.29, 0.717) is 13.1 Å². The van der Waals surface area contributed by atoms with Gasteiger partial charge in [-0.25, -0.2) is 8.78 Å². The van der Waals surface area contributed by atoms with Crippen molar-refractivity contribution in [3.05, 3.63) is 0 Å². The van der Waals surface area contributed by atoms with E-state index in [-0.39, 0.29) is 18.6 Å². The zero-order valence-corrected chi connectivity index (χ0v) is 12.9. The number of nitrogens with one attached hydrogen (secondary N) is 1. The summed E-state index contributed by atoms with van der Waals surface area (Å²) in [6, 6.07) is 0. The Balaban J connectivity index is 2.65. The van der Waals surface area contributed by atoms with Gasteiger partial charge in [-0.05, 0) is 30.7 Å². The number of nitrogens with zero attached hydrogens (tertiary/aromatic N) is 1. The van der Waals surface area contributed by atoms with Crippen LogP contribution in [0.1, 0.15) is 39.5 Å². The lowest BCUT2D eigenvalue weighted by atomic mass is 9.70. The Hall–Kier alpha value is -0.260. The summed E-state index contributed by atoms with van der Waals surface area (Å²) in [6.07, 6.45) is 2.19. The Bertz CT molecular complexity index is 251. The van der Waals surface area contributed by atoms with Gasteiger partial charge >= 0.3 is 0 Å². The molecule has 0 unspecified atom stereocenters. The fourth-order valence-electron chi connectivity index (χ4n) is 3.20. The first-order valence-electron chi connectivity index (χ1n) is 7.83. The topological polar surface area (TPSA) is 35.5 Å². The molecule has 3 nitrogen and oxygen atoms in total. The van der Waals surface area contributed by atoms with Gasteiger partial charge in [0.1, 0.15) is 0 Å². The Kier molecular flexibility index (Phi) is 7.92. The van der Waals surface area contributed by atoms with Crippen LogP contribution >= 0.6 is 0 Å². The van der Waals surface area contributed by atoms with Crippen LogP contribution in [0, 0.1) is 11.3 Å². The lowest BCUT2D eigenvalue weighted by Gasteiger charge is -2.43. The molecule has 0 heterocycles. The first-order chi connectivity index (χ1) is 9.51. The van der Waals surface area contributed by atoms with E-state index < -0.39 is 6.43 Å². The summed E-state index contributed by atoms with van der Waals surface area (Å²) in [6.45, 7) is 6.86. The minimum Gasteiger partial charge on any atom is -0.395 e. The molecule has 2 N–H and O–H groups in total. The van der Waals surface area contributed by atoms with Gasteiger partial charge in [-0.1, -0.05) is 26.7 Å². The lowest BCUT2D eigenvalue weighted by molar-refractivity contribution is 0.0323. The summed E-state index contributed by atoms with van der Waals surface area (Å²) in [5.74, 6) is 0.742. The molecule has 0 aromatic rings. The quantitative estimate of drug-likeness (QED) is 0.685. The van der Waals surface area contributed by atoms with E-state index in [1.807, 2.05) is 0 Å². The van der Waals surface area contributed by atoms with Crippen molar-refractivity contribution in [2.45, 2.75) is 46.0 Å². The maximum absolute atomic E-state index is 12.7. The third-order valence-electron chi connectivity index (χ3n) is 4.46. The highest BCUT2D eigenvalue weighted by Gasteiger charge is 2.35. The van der Waals surface area contributed by atoms with Crippen LogP contribution in [0.2, 0.25) is 0 Å². The van der Waals surface area contributed by atoms with E-state index in [0.717, 1.165) is 31.8 Å². The largest absolute Gasteiger partial charge is 0.395 e. The normalized spacial score (nSPS) is 27.4. The molecular formula is C15H30F2N2O. The number of aliphatic hydroxyl groups excluding tert-OH is 1. The second-order valence-electron chi connectivity index (χ2n) is 6.31. The smallest absolute Gasteiger partial charge is 0.251 e. The van der Waals surface area contributed by atoms with Gasteiger partial charge in [-0.15, -0.1) is 0 Å². The van der Waals surface area contributed by atoms with Crippen molar-refractivity contribution >= 4 is 0 Å². The average molecular weight is 292 g/mol. The molecule has 1 fully saturated rings. The van der Waals surface area contributed by atoms with Gasteiger partial charge in [0.05, 0.1) is 13.2 Å². The van der Waals surface area contributed by atoms with E-state index in [2.05, 4.69) is 19.2 Å². The van der Waals surface area contributed by atoms with Crippen LogP contribution < -0.4 is 5.32 Å². The predicted octanol–water partition coefficient (Wildman–Crippen LogP) is 2.35. The fraction of sp³-hybridized carbons (Fsp3) is 1.00. The second kappa shape index (κ2) is 8.90. The van der Waals surface area contributed by atoms with Gasteiger partial charge in [0, 0.05) is 19.6 Å². The van der Waals surface area contributed by atoms with E-state index in [1.54, 1.807) is 4.90 Å². The molecular weight excluding hydrogens is 262 g/mol. The zero-order chi connectivity index (χ0) is 15.0. The maximum atomic E-state index is 12.7. The molecule has 0 spiro atoms. The Labute approximate surface area is 121 Å². The molecule has 1 aliphatic carbocycles. The van der Waals surface area contributed by atoms with Crippen molar-refractivity contribution in [1.82, 2.24) is 10.2 Å². The van der Waals surface area contributed by atoms with Crippen LogP contribution in [0.15, 0.2) is 0 Å². The predicted molar refractivity (Wildman–Crippen MR) is 78.1 cm³/mol. The molecule has 0 radical (unpaired) electrons. The monoisotopic (exact) mass is 292 g/mol. The number of hydrogen-bond acceptors (Lipinski definition) is 3. The van der Waals surface area contributed by atoms with Crippen molar-refractivity contribution < 1.29 is 13.9 Å². The van der Waals surface area contributed by atoms with Gasteiger partial charge in [0.25, 0.3) is 6.43 Å². The Morgan fingerprint density at radius 1 is 1.35 bits per heavy atom. The minimum absolute atomic E-state index is 0.0551. The van der Waals surface area contributed by atoms with Crippen LogP contribution in [0.4, 0.5) is 8.78 Å². The molecule has 1 aliphatic rings. The van der Waals surface area contributed by atoms with E-state index in [9.17, 15) is 8.78 Å². The fourth-order valence-corrected chi connectivity index (χ4v) is 3.20. The number of rotatable bonds is 9. The zero-order valence-electron chi connectivity index (χ0n) is 12.9. The molecule has 1 saturated carbocycles. The van der Waals surface area contributed by atoms with Crippen molar-refractivity contribution in [2.24, 2.45) is 11.3 Å². The van der Waals surface area contributed by atoms with Gasteiger partial charge < -0.3 is 10.4 Å². The highest BCUT2D eigenvalue weighted by atomic mass is 19.3. The summed E-state index contributed by atoms with van der Waals surface area (Å²) in [5.41, 5.74) is 0.0899. The van der Waals surface area contributed by atoms with Crippen molar-refractivity contribution in [3.8, 4) is 0 Å². The van der Waals surface area contributed by atoms with Crippen molar-refractivity contribution in [3.63, 3.8) is 0 Å². The van der Waals surface area contributed by atoms with Gasteiger partial charge in [0.15, 0.2) is 0 Å². The molecule has 5 heteroatoms. The second-order valence-corrected chi connectivity index (χ2v) is 6.31. The van der Waals surface area contributed by atoms with Crippen molar-refractivity contribution in [1.29, 1.82) is 0 Å². The molecule has 0 atom stereocenters. The van der Waals surface area contributed by atoms with E-state index in [4.69, 9.17) is 5.11 Å². The summed E-state index contributed by atoms with van der Waals surface area (Å²) < 4.78 is 25.3. The first-order valence-corrected chi connectivity index (χ1v) is 7.83. The Morgan fingerprint density at radius 3 is 2.50 bits per heavy atom. The van der Waals surface area contributed by atoms with E-state index >= 15 is 0 Å². The van der Waals surface area contributed by atoms with E-state index in [1.165, 1.54) is 12.8 Å². The molecule has 0 aromatic carbocycles. The van der Waals surface area contributed by atoms with Gasteiger partial charge in [0.2, 0.25) is 0 Å². The van der Waals surface area contributed by atoms with Crippen LogP contribution in [0.3, 0.4) is 0 Å². The summed E-state index contributed by atoms with van der Waals surface area (Å²) >= 11 is 0. The summed E-state index contributed by atoms with van der Waals surface area (Å²) in [4.78, 5) is 1.73. The first kappa shape index (κ1) is 17.8. The molecule has 0 bridgehead atoms. The highest BCUT2D eigenvalue weighted by Crippen LogP contribution is 2.39. The third kappa shape index (κ3) is 6.02. The van der Waals surface area contributed by atoms with Crippen molar-refractivity contribution in [2.75, 3.05) is 39.3 Å². The minimum atomic E-state index is -2.33. The molecule has 0 saturated heterocycles. The molecule has 0 aromatic heterocycles.